The largest absolute Gasteiger partial charge is 0.376 e. The van der Waals surface area contributed by atoms with Crippen molar-refractivity contribution < 1.29 is 9.84 Å². The zero-order valence-electron chi connectivity index (χ0n) is 24.6. The van der Waals surface area contributed by atoms with Gasteiger partial charge in [0.05, 0.1) is 31.1 Å². The minimum absolute atomic E-state index is 0.383. The van der Waals surface area contributed by atoms with Gasteiger partial charge in [-0.25, -0.2) is 0 Å². The summed E-state index contributed by atoms with van der Waals surface area (Å²) < 4.78 is 5.73. The smallest absolute Gasteiger partial charge is 0.160 e. The molecule has 2 aromatic rings. The molecule has 0 spiro atoms. The minimum atomic E-state index is -1.06. The van der Waals surface area contributed by atoms with Crippen LogP contribution in [-0.2, 0) is 11.3 Å². The molecule has 0 radical (unpaired) electrons. The standard InChI is InChI=1S/C30H34Cl2N6O2.C2H6/c1-19-15-20(18-40-14-13-34-2)7-10-26(19)36-27(11-12-33)37-29-30(39)35-17-21-8-9-22(31)16-24(21)28(38-29)23-5-3-4-6-25(23)32;1-2/h3-6,8-9,11,15-16,29-30,34-37,39H,7,10,13-14,17-18H2,1-2H3;1-2H3/b27-11+,38-28-;. The first kappa shape index (κ1) is 33.3. The fraction of sp³-hybridized carbons (Fsp3) is 0.375. The molecule has 10 heteroatoms. The molecule has 2 atom stereocenters. The number of hydrogen-bond acceptors (Lipinski definition) is 8. The zero-order valence-corrected chi connectivity index (χ0v) is 26.1. The van der Waals surface area contributed by atoms with Crippen molar-refractivity contribution in [3.63, 3.8) is 0 Å². The lowest BCUT2D eigenvalue weighted by molar-refractivity contribution is 0.0976. The van der Waals surface area contributed by atoms with Gasteiger partial charge in [-0.3, -0.25) is 10.3 Å². The van der Waals surface area contributed by atoms with E-state index in [9.17, 15) is 10.4 Å². The van der Waals surface area contributed by atoms with Crippen molar-refractivity contribution in [3.8, 4) is 6.07 Å². The third-order valence-corrected chi connectivity index (χ3v) is 7.26. The van der Waals surface area contributed by atoms with E-state index < -0.39 is 12.4 Å². The number of aliphatic hydroxyl groups excluding tert-OH is 1. The number of halogens is 2. The van der Waals surface area contributed by atoms with E-state index in [0.717, 1.165) is 41.8 Å². The van der Waals surface area contributed by atoms with Crippen LogP contribution in [0.15, 0.2) is 82.3 Å². The molecule has 1 heterocycles. The maximum absolute atomic E-state index is 11.1. The van der Waals surface area contributed by atoms with Crippen molar-refractivity contribution in [1.82, 2.24) is 21.3 Å². The molecule has 2 aromatic carbocycles. The highest BCUT2D eigenvalue weighted by Gasteiger charge is 2.26. The summed E-state index contributed by atoms with van der Waals surface area (Å²) in [5.41, 5.74) is 6.31. The van der Waals surface area contributed by atoms with Gasteiger partial charge in [-0.15, -0.1) is 0 Å². The zero-order chi connectivity index (χ0) is 30.5. The van der Waals surface area contributed by atoms with E-state index in [0.29, 0.717) is 46.9 Å². The lowest BCUT2D eigenvalue weighted by Gasteiger charge is -2.29. The molecule has 2 aliphatic rings. The van der Waals surface area contributed by atoms with Gasteiger partial charge >= 0.3 is 0 Å². The molecule has 0 bridgehead atoms. The Bertz CT molecular complexity index is 1380. The number of nitriles is 1. The number of nitrogens with zero attached hydrogens (tertiary/aromatic N) is 2. The van der Waals surface area contributed by atoms with Crippen LogP contribution in [0.2, 0.25) is 10.0 Å². The monoisotopic (exact) mass is 610 g/mol. The van der Waals surface area contributed by atoms with E-state index >= 15 is 0 Å². The van der Waals surface area contributed by atoms with Gasteiger partial charge in [0.25, 0.3) is 0 Å². The van der Waals surface area contributed by atoms with Crippen molar-refractivity contribution in [2.24, 2.45) is 4.99 Å². The summed E-state index contributed by atoms with van der Waals surface area (Å²) in [6, 6.07) is 15.1. The van der Waals surface area contributed by atoms with Crippen LogP contribution < -0.4 is 21.3 Å². The Morgan fingerprint density at radius 1 is 1.19 bits per heavy atom. The van der Waals surface area contributed by atoms with Crippen LogP contribution in [-0.4, -0.2) is 50.0 Å². The van der Waals surface area contributed by atoms with Gasteiger partial charge in [0.1, 0.15) is 12.0 Å². The Hall–Kier alpha value is -3.16. The van der Waals surface area contributed by atoms with E-state index in [1.54, 1.807) is 6.07 Å². The van der Waals surface area contributed by atoms with Crippen LogP contribution in [0.25, 0.3) is 0 Å². The molecule has 0 fully saturated rings. The number of allylic oxidation sites excluding steroid dienone is 4. The first-order chi connectivity index (χ1) is 20.4. The van der Waals surface area contributed by atoms with Crippen LogP contribution in [0.3, 0.4) is 0 Å². The van der Waals surface area contributed by atoms with E-state index in [1.807, 2.05) is 64.2 Å². The molecule has 1 aliphatic carbocycles. The molecule has 5 N–H and O–H groups in total. The molecule has 2 unspecified atom stereocenters. The molecule has 224 valence electrons. The number of benzene rings is 2. The molecule has 8 nitrogen and oxygen atoms in total. The summed E-state index contributed by atoms with van der Waals surface area (Å²) in [6.45, 7) is 8.47. The summed E-state index contributed by atoms with van der Waals surface area (Å²) in [7, 11) is 1.90. The first-order valence-corrected chi connectivity index (χ1v) is 14.9. The summed E-state index contributed by atoms with van der Waals surface area (Å²) >= 11 is 13.0. The lowest BCUT2D eigenvalue weighted by Crippen LogP contribution is -2.49. The van der Waals surface area contributed by atoms with Gasteiger partial charge in [-0.2, -0.15) is 5.26 Å². The van der Waals surface area contributed by atoms with Crippen molar-refractivity contribution >= 4 is 28.9 Å². The predicted octanol–water partition coefficient (Wildman–Crippen LogP) is 5.38. The third kappa shape index (κ3) is 9.17. The number of rotatable bonds is 10. The summed E-state index contributed by atoms with van der Waals surface area (Å²) in [5, 5.41) is 34.5. The number of aliphatic hydroxyl groups is 1. The maximum Gasteiger partial charge on any atom is 0.160 e. The minimum Gasteiger partial charge on any atom is -0.376 e. The van der Waals surface area contributed by atoms with Crippen LogP contribution in [0.4, 0.5) is 0 Å². The van der Waals surface area contributed by atoms with Crippen LogP contribution in [0.1, 0.15) is 50.3 Å². The highest BCUT2D eigenvalue weighted by atomic mass is 35.5. The highest BCUT2D eigenvalue weighted by molar-refractivity contribution is 6.36. The normalized spacial score (nSPS) is 20.0. The second-order valence-corrected chi connectivity index (χ2v) is 10.4. The Balaban J connectivity index is 0.00000237. The molecular weight excluding hydrogens is 571 g/mol. The molecule has 0 saturated carbocycles. The SMILES string of the molecule is CC.CNCCOCC1=CC(C)=C(N/C(=C\C#N)NC2/N=C(/c3ccccc3Cl)c3cc(Cl)ccc3CNC2O)CC1. The van der Waals surface area contributed by atoms with Gasteiger partial charge in [-0.1, -0.05) is 67.4 Å². The van der Waals surface area contributed by atoms with Crippen LogP contribution in [0.5, 0.6) is 0 Å². The van der Waals surface area contributed by atoms with Gasteiger partial charge in [0, 0.05) is 40.0 Å². The molecule has 4 rings (SSSR count). The molecular formula is C32H40Cl2N6O2. The Labute approximate surface area is 259 Å². The van der Waals surface area contributed by atoms with Crippen molar-refractivity contribution in [1.29, 1.82) is 5.26 Å². The Morgan fingerprint density at radius 3 is 2.69 bits per heavy atom. The van der Waals surface area contributed by atoms with Crippen molar-refractivity contribution in [2.45, 2.75) is 52.6 Å². The third-order valence-electron chi connectivity index (χ3n) is 6.70. The molecule has 0 aromatic heterocycles. The van der Waals surface area contributed by atoms with E-state index in [4.69, 9.17) is 32.9 Å². The Kier molecular flexibility index (Phi) is 13.6. The number of aliphatic imine (C=N–C) groups is 1. The maximum atomic E-state index is 11.1. The second-order valence-electron chi connectivity index (χ2n) is 9.61. The van der Waals surface area contributed by atoms with Crippen molar-refractivity contribution in [3.05, 3.63) is 104 Å². The fourth-order valence-corrected chi connectivity index (χ4v) is 5.01. The van der Waals surface area contributed by atoms with E-state index in [-0.39, 0.29) is 0 Å². The van der Waals surface area contributed by atoms with Gasteiger partial charge < -0.3 is 25.8 Å². The number of hydrogen-bond donors (Lipinski definition) is 5. The quantitative estimate of drug-likeness (QED) is 0.181. The van der Waals surface area contributed by atoms with E-state index in [2.05, 4.69) is 33.4 Å². The van der Waals surface area contributed by atoms with Crippen LogP contribution in [0, 0.1) is 11.3 Å². The number of likely N-dealkylation sites (N-methyl/N-ethyl adjacent to an activating group) is 1. The Morgan fingerprint density at radius 2 is 1.98 bits per heavy atom. The van der Waals surface area contributed by atoms with Gasteiger partial charge in [-0.05, 0) is 61.7 Å². The number of fused-ring (bicyclic) bond motifs is 1. The average molecular weight is 612 g/mol. The average Bonchev–Trinajstić information content (AvgIpc) is 2.99. The second kappa shape index (κ2) is 17.1. The number of nitrogens with one attached hydrogen (secondary N) is 4. The summed E-state index contributed by atoms with van der Waals surface area (Å²) in [5.74, 6) is 0.430. The first-order valence-electron chi connectivity index (χ1n) is 14.2. The van der Waals surface area contributed by atoms with Crippen LogP contribution >= 0.6 is 23.2 Å². The predicted molar refractivity (Wildman–Crippen MR) is 171 cm³/mol. The highest BCUT2D eigenvalue weighted by Crippen LogP contribution is 2.27. The summed E-state index contributed by atoms with van der Waals surface area (Å²) in [4.78, 5) is 4.94. The number of ether oxygens (including phenoxy) is 1. The lowest BCUT2D eigenvalue weighted by atomic mass is 9.96. The van der Waals surface area contributed by atoms with Gasteiger partial charge in [0.2, 0.25) is 0 Å². The fourth-order valence-electron chi connectivity index (χ4n) is 4.61. The topological polar surface area (TPSA) is 114 Å². The van der Waals surface area contributed by atoms with Gasteiger partial charge in [0.15, 0.2) is 6.17 Å². The van der Waals surface area contributed by atoms with Crippen molar-refractivity contribution in [2.75, 3.05) is 26.8 Å². The molecule has 0 amide bonds. The molecule has 1 aliphatic heterocycles. The molecule has 42 heavy (non-hydrogen) atoms. The molecule has 0 saturated heterocycles. The van der Waals surface area contributed by atoms with E-state index in [1.165, 1.54) is 11.6 Å². The summed E-state index contributed by atoms with van der Waals surface area (Å²) in [6.07, 6.45) is 3.20.